The molecule has 1 aromatic carbocycles. The zero-order valence-electron chi connectivity index (χ0n) is 9.39. The number of hydrogen-bond acceptors (Lipinski definition) is 2. The molecule has 3 N–H and O–H groups in total. The molecule has 0 amide bonds. The number of rotatable bonds is 2. The topological polar surface area (TPSA) is 46.2 Å². The molecule has 1 unspecified atom stereocenters. The van der Waals surface area contributed by atoms with Gasteiger partial charge in [-0.15, -0.1) is 0 Å². The van der Waals surface area contributed by atoms with Gasteiger partial charge < -0.3 is 10.8 Å². The number of benzene rings is 1. The normalized spacial score (nSPS) is 15.3. The van der Waals surface area contributed by atoms with Crippen LogP contribution in [0.15, 0.2) is 12.1 Å². The Kier molecular flexibility index (Phi) is 2.98. The first-order valence-corrected chi connectivity index (χ1v) is 4.86. The van der Waals surface area contributed by atoms with Crippen LogP contribution in [-0.2, 0) is 5.54 Å². The van der Waals surface area contributed by atoms with Gasteiger partial charge in [0.1, 0.15) is 0 Å². The first-order valence-electron chi connectivity index (χ1n) is 4.86. The van der Waals surface area contributed by atoms with Crippen molar-refractivity contribution in [2.24, 2.45) is 5.73 Å². The van der Waals surface area contributed by atoms with E-state index >= 15 is 0 Å². The molecule has 1 atom stereocenters. The fourth-order valence-electron chi connectivity index (χ4n) is 1.66. The maximum absolute atomic E-state index is 9.21. The van der Waals surface area contributed by atoms with Crippen molar-refractivity contribution < 1.29 is 5.11 Å². The summed E-state index contributed by atoms with van der Waals surface area (Å²) in [4.78, 5) is 0. The van der Waals surface area contributed by atoms with Gasteiger partial charge in [-0.1, -0.05) is 12.1 Å². The van der Waals surface area contributed by atoms with E-state index < -0.39 is 5.54 Å². The Labute approximate surface area is 85.8 Å². The van der Waals surface area contributed by atoms with Crippen molar-refractivity contribution in [2.75, 3.05) is 6.61 Å². The van der Waals surface area contributed by atoms with Crippen molar-refractivity contribution in [3.05, 3.63) is 34.4 Å². The van der Waals surface area contributed by atoms with Crippen LogP contribution in [0.1, 0.15) is 29.2 Å². The van der Waals surface area contributed by atoms with Gasteiger partial charge >= 0.3 is 0 Å². The average Bonchev–Trinajstić information content (AvgIpc) is 2.11. The highest BCUT2D eigenvalue weighted by atomic mass is 16.3. The van der Waals surface area contributed by atoms with E-state index in [9.17, 15) is 5.11 Å². The van der Waals surface area contributed by atoms with Crippen LogP contribution in [0.25, 0.3) is 0 Å². The quantitative estimate of drug-likeness (QED) is 0.752. The van der Waals surface area contributed by atoms with E-state index in [1.807, 2.05) is 13.8 Å². The summed E-state index contributed by atoms with van der Waals surface area (Å²) in [7, 11) is 0. The third-order valence-corrected chi connectivity index (χ3v) is 2.78. The van der Waals surface area contributed by atoms with E-state index in [2.05, 4.69) is 26.0 Å². The van der Waals surface area contributed by atoms with Crippen LogP contribution in [-0.4, -0.2) is 11.7 Å². The SMILES string of the molecule is Cc1cc(C)c(C(C)(N)CO)cc1C. The molecule has 14 heavy (non-hydrogen) atoms. The largest absolute Gasteiger partial charge is 0.394 e. The van der Waals surface area contributed by atoms with Crippen LogP contribution in [0, 0.1) is 20.8 Å². The molecule has 0 heterocycles. The van der Waals surface area contributed by atoms with Crippen molar-refractivity contribution in [2.45, 2.75) is 33.2 Å². The molecule has 0 saturated carbocycles. The van der Waals surface area contributed by atoms with Crippen molar-refractivity contribution in [1.82, 2.24) is 0 Å². The van der Waals surface area contributed by atoms with E-state index in [4.69, 9.17) is 5.73 Å². The van der Waals surface area contributed by atoms with Crippen LogP contribution >= 0.6 is 0 Å². The van der Waals surface area contributed by atoms with Gasteiger partial charge in [0.2, 0.25) is 0 Å². The number of aliphatic hydroxyl groups excluding tert-OH is 1. The summed E-state index contributed by atoms with van der Waals surface area (Å²) in [6, 6.07) is 4.19. The van der Waals surface area contributed by atoms with Gasteiger partial charge in [-0.05, 0) is 49.9 Å². The second-order valence-corrected chi connectivity index (χ2v) is 4.33. The third kappa shape index (κ3) is 1.97. The lowest BCUT2D eigenvalue weighted by Gasteiger charge is -2.25. The highest BCUT2D eigenvalue weighted by Crippen LogP contribution is 2.24. The molecule has 2 heteroatoms. The minimum atomic E-state index is -0.636. The van der Waals surface area contributed by atoms with Crippen molar-refractivity contribution in [3.63, 3.8) is 0 Å². The second-order valence-electron chi connectivity index (χ2n) is 4.33. The fraction of sp³-hybridized carbons (Fsp3) is 0.500. The molecule has 0 aliphatic heterocycles. The Hall–Kier alpha value is -0.860. The fourth-order valence-corrected chi connectivity index (χ4v) is 1.66. The standard InChI is InChI=1S/C12H19NO/c1-8-5-10(3)11(6-9(8)2)12(4,13)7-14/h5-6,14H,7,13H2,1-4H3. The maximum atomic E-state index is 9.21. The van der Waals surface area contributed by atoms with Crippen LogP contribution in [0.4, 0.5) is 0 Å². The Bertz CT molecular complexity index is 342. The molecule has 0 bridgehead atoms. The van der Waals surface area contributed by atoms with E-state index in [-0.39, 0.29) is 6.61 Å². The van der Waals surface area contributed by atoms with Gasteiger partial charge in [-0.3, -0.25) is 0 Å². The summed E-state index contributed by atoms with van der Waals surface area (Å²) in [5.74, 6) is 0. The van der Waals surface area contributed by atoms with Crippen molar-refractivity contribution in [3.8, 4) is 0 Å². The molecule has 0 radical (unpaired) electrons. The highest BCUT2D eigenvalue weighted by Gasteiger charge is 2.22. The average molecular weight is 193 g/mol. The lowest BCUT2D eigenvalue weighted by molar-refractivity contribution is 0.209. The molecule has 78 valence electrons. The summed E-state index contributed by atoms with van der Waals surface area (Å²) in [5.41, 5.74) is 10.0. The molecular weight excluding hydrogens is 174 g/mol. The lowest BCUT2D eigenvalue weighted by atomic mass is 9.88. The van der Waals surface area contributed by atoms with Gasteiger partial charge in [0.15, 0.2) is 0 Å². The van der Waals surface area contributed by atoms with Gasteiger partial charge in [0, 0.05) is 0 Å². The van der Waals surface area contributed by atoms with Crippen LogP contribution in [0.5, 0.6) is 0 Å². The summed E-state index contributed by atoms with van der Waals surface area (Å²) >= 11 is 0. The van der Waals surface area contributed by atoms with Crippen LogP contribution in [0.3, 0.4) is 0 Å². The molecule has 1 rings (SSSR count). The number of hydrogen-bond donors (Lipinski definition) is 2. The smallest absolute Gasteiger partial charge is 0.0650 e. The zero-order valence-corrected chi connectivity index (χ0v) is 9.39. The first-order chi connectivity index (χ1) is 6.38. The Morgan fingerprint density at radius 1 is 1.14 bits per heavy atom. The summed E-state index contributed by atoms with van der Waals surface area (Å²) in [6.07, 6.45) is 0. The predicted molar refractivity (Wildman–Crippen MR) is 59.3 cm³/mol. The van der Waals surface area contributed by atoms with Gasteiger partial charge in [-0.25, -0.2) is 0 Å². The molecule has 0 aliphatic carbocycles. The van der Waals surface area contributed by atoms with Gasteiger partial charge in [-0.2, -0.15) is 0 Å². The predicted octanol–water partition coefficient (Wildman–Crippen LogP) is 1.78. The maximum Gasteiger partial charge on any atom is 0.0650 e. The molecule has 0 saturated heterocycles. The molecule has 0 spiro atoms. The van der Waals surface area contributed by atoms with Gasteiger partial charge in [0.25, 0.3) is 0 Å². The molecule has 1 aromatic rings. The Balaban J connectivity index is 3.29. The van der Waals surface area contributed by atoms with E-state index in [1.54, 1.807) is 0 Å². The van der Waals surface area contributed by atoms with E-state index in [1.165, 1.54) is 11.1 Å². The Morgan fingerprint density at radius 2 is 1.64 bits per heavy atom. The minimum Gasteiger partial charge on any atom is -0.394 e. The number of nitrogens with two attached hydrogens (primary N) is 1. The zero-order chi connectivity index (χ0) is 10.9. The molecule has 0 fully saturated rings. The third-order valence-electron chi connectivity index (χ3n) is 2.78. The van der Waals surface area contributed by atoms with Gasteiger partial charge in [0.05, 0.1) is 12.1 Å². The Morgan fingerprint density at radius 3 is 2.14 bits per heavy atom. The molecule has 0 aliphatic rings. The lowest BCUT2D eigenvalue weighted by Crippen LogP contribution is -2.37. The van der Waals surface area contributed by atoms with Crippen molar-refractivity contribution in [1.29, 1.82) is 0 Å². The van der Waals surface area contributed by atoms with E-state index in [0.29, 0.717) is 0 Å². The van der Waals surface area contributed by atoms with Crippen LogP contribution < -0.4 is 5.73 Å². The van der Waals surface area contributed by atoms with E-state index in [0.717, 1.165) is 11.1 Å². The summed E-state index contributed by atoms with van der Waals surface area (Å²) in [6.45, 7) is 7.99. The molecular formula is C12H19NO. The number of aliphatic hydroxyl groups is 1. The second kappa shape index (κ2) is 3.71. The highest BCUT2D eigenvalue weighted by molar-refractivity contribution is 5.40. The minimum absolute atomic E-state index is 0.0314. The first kappa shape index (κ1) is 11.2. The molecule has 2 nitrogen and oxygen atoms in total. The summed E-state index contributed by atoms with van der Waals surface area (Å²) in [5, 5.41) is 9.21. The van der Waals surface area contributed by atoms with Crippen LogP contribution in [0.2, 0.25) is 0 Å². The number of aryl methyl sites for hydroxylation is 3. The summed E-state index contributed by atoms with van der Waals surface area (Å²) < 4.78 is 0. The van der Waals surface area contributed by atoms with Crippen molar-refractivity contribution >= 4 is 0 Å². The molecule has 0 aromatic heterocycles. The monoisotopic (exact) mass is 193 g/mol.